The lowest BCUT2D eigenvalue weighted by atomic mass is 9.83. The molecule has 0 saturated carbocycles. The topological polar surface area (TPSA) is 199 Å². The predicted octanol–water partition coefficient (Wildman–Crippen LogP) is 22.0. The summed E-state index contributed by atoms with van der Waals surface area (Å²) in [6.07, 6.45) is 49.7. The van der Waals surface area contributed by atoms with Crippen LogP contribution in [0, 0.1) is 71.0 Å². The number of hydrogen-bond acceptors (Lipinski definition) is 12. The second-order valence-electron chi connectivity index (χ2n) is 36.0. The van der Waals surface area contributed by atoms with Gasteiger partial charge in [-0.15, -0.1) is 0 Å². The largest absolute Gasteiger partial charge is 0.394 e. The lowest BCUT2D eigenvalue weighted by Crippen LogP contribution is -2.65. The Morgan fingerprint density at radius 2 is 0.577 bits per heavy atom. The monoisotopic (exact) mass is 1470 g/mol. The molecule has 8 N–H and O–H groups in total. The minimum Gasteiger partial charge on any atom is -0.394 e. The van der Waals surface area contributed by atoms with Crippen LogP contribution in [0.25, 0.3) is 0 Å². The molecular weight excluding hydrogens is 1300 g/mol. The fraction of sp³-hybridized carbons (Fsp3) is 0.913. The smallest absolute Gasteiger partial charge is 0.144 e. The molecule has 12 nitrogen and oxygen atoms in total. The third-order valence-electron chi connectivity index (χ3n) is 24.5. The Labute approximate surface area is 643 Å². The quantitative estimate of drug-likeness (QED) is 0.107. The van der Waals surface area contributed by atoms with Crippen LogP contribution in [0.15, 0.2) is 46.6 Å². The zero-order chi connectivity index (χ0) is 77.5. The number of allylic oxidation sites excluding steroid dienone is 4. The molecule has 0 bridgehead atoms. The maximum atomic E-state index is 11.5. The van der Waals surface area contributed by atoms with Gasteiger partial charge in [0.25, 0.3) is 0 Å². The van der Waals surface area contributed by atoms with Crippen LogP contribution in [0.2, 0.25) is 0 Å². The first-order chi connectivity index (χ1) is 49.6. The maximum absolute atomic E-state index is 11.5. The molecule has 1 rings (SSSR count). The van der Waals surface area contributed by atoms with Crippen molar-refractivity contribution in [2.75, 3.05) is 59.5 Å². The van der Waals surface area contributed by atoms with E-state index >= 15 is 0 Å². The van der Waals surface area contributed by atoms with E-state index in [1.54, 1.807) is 0 Å². The molecule has 616 valence electrons. The zero-order valence-corrected chi connectivity index (χ0v) is 71.1. The SMILES string of the molecule is CC1=CCO[C@H]([C@H](O)[C@@](O)(CO)[C@H](O)[C@H](O)[C@H](O)CO)COCC=C(C)CCC[C@H](C)CCC[C@H](C)CCC[C@@H](C)CC[C@H](C)CCC[C@H](C)CCC[C@@H](C)CCCC(C)=CCO[C@H](CO)COCC=C(C)CCC[C@H](C)CCC[C@H](C)CCC[C@@H](C)CC[C@@H](C)CCC[C@@H](C)CCC[C@H](C)CCC1. The molecule has 12 heteroatoms. The highest BCUT2D eigenvalue weighted by molar-refractivity contribution is 5.04. The van der Waals surface area contributed by atoms with Crippen molar-refractivity contribution in [2.45, 2.75) is 410 Å². The molecule has 0 aliphatic carbocycles. The third-order valence-corrected chi connectivity index (χ3v) is 24.5. The normalized spacial score (nSPS) is 32.1. The van der Waals surface area contributed by atoms with Crippen molar-refractivity contribution in [3.05, 3.63) is 46.6 Å². The number of ether oxygens (including phenoxy) is 4. The third kappa shape index (κ3) is 52.6. The van der Waals surface area contributed by atoms with Crippen LogP contribution in [0.3, 0.4) is 0 Å². The van der Waals surface area contributed by atoms with Crippen LogP contribution in [-0.4, -0.2) is 143 Å². The average molecular weight is 1470 g/mol. The highest BCUT2D eigenvalue weighted by Gasteiger charge is 2.50. The molecule has 0 fully saturated rings. The molecule has 19 atom stereocenters. The second-order valence-corrected chi connectivity index (χ2v) is 36.0. The van der Waals surface area contributed by atoms with Crippen molar-refractivity contribution in [3.8, 4) is 0 Å². The van der Waals surface area contributed by atoms with Crippen LogP contribution in [0.1, 0.15) is 368 Å². The lowest BCUT2D eigenvalue weighted by Gasteiger charge is -2.41. The molecule has 0 unspecified atom stereocenters. The molecule has 104 heavy (non-hydrogen) atoms. The molecule has 1 aliphatic heterocycles. The summed E-state index contributed by atoms with van der Waals surface area (Å²) in [7, 11) is 0. The van der Waals surface area contributed by atoms with Crippen LogP contribution in [-0.2, 0) is 18.9 Å². The van der Waals surface area contributed by atoms with Gasteiger partial charge in [-0.25, -0.2) is 0 Å². The molecule has 1 heterocycles. The summed E-state index contributed by atoms with van der Waals surface area (Å²) in [5, 5.41) is 84.3. The molecule has 0 aromatic carbocycles. The Bertz CT molecular complexity index is 2110. The van der Waals surface area contributed by atoms with E-state index in [4.69, 9.17) is 18.9 Å². The Morgan fingerprint density at radius 1 is 0.337 bits per heavy atom. The summed E-state index contributed by atoms with van der Waals surface area (Å²) in [4.78, 5) is 0. The molecule has 0 radical (unpaired) electrons. The molecule has 0 aromatic rings. The van der Waals surface area contributed by atoms with E-state index < -0.39 is 49.3 Å². The van der Waals surface area contributed by atoms with E-state index in [9.17, 15) is 40.9 Å². The fourth-order valence-electron chi connectivity index (χ4n) is 15.8. The summed E-state index contributed by atoms with van der Waals surface area (Å²) in [6.45, 7) is 37.6. The van der Waals surface area contributed by atoms with Crippen molar-refractivity contribution >= 4 is 0 Å². The fourth-order valence-corrected chi connectivity index (χ4v) is 15.8. The van der Waals surface area contributed by atoms with E-state index in [0.717, 1.165) is 110 Å². The van der Waals surface area contributed by atoms with Gasteiger partial charge in [0.2, 0.25) is 0 Å². The van der Waals surface area contributed by atoms with Crippen LogP contribution in [0.4, 0.5) is 0 Å². The van der Waals surface area contributed by atoms with Crippen molar-refractivity contribution < 1.29 is 59.8 Å². The van der Waals surface area contributed by atoms with Crippen molar-refractivity contribution in [2.24, 2.45) is 71.0 Å². The standard InChI is InChI=1S/C92H176O12/c1-70-29-17-33-74(5)41-25-49-82(13)57-61-101-67-86(65-93)103-63-59-84(15)51-27-43-76(7)35-19-31-72(3)39-23-47-80(11)55-53-79(10)46-22-38-71(2)30-18-34-75(6)42-26-50-83(14)58-62-102-68-88(90(98)92(100,69-95)91(99)89(97)87(96)66-94)104-64-60-85(16)52-28-44-77(8)36-20-32-73(4)40-24-48-81(12)56-54-78(9)45-21-37-70/h57-60,70-81,86-91,93-100H,17-56,61-69H2,1-16H3/t70-,71-,72+,73-,74+,75+,76+,77-,78+,79+,80+,81-,86+,87+,88-,89+,90-,91+,92-/m0/s1. The summed E-state index contributed by atoms with van der Waals surface area (Å²) >= 11 is 0. The molecule has 0 amide bonds. The number of aliphatic hydroxyl groups is 8. The van der Waals surface area contributed by atoms with E-state index in [2.05, 4.69) is 123 Å². The second kappa shape index (κ2) is 63.0. The van der Waals surface area contributed by atoms with Gasteiger partial charge in [-0.2, -0.15) is 0 Å². The average Bonchev–Trinajstić information content (AvgIpc) is 0.799. The summed E-state index contributed by atoms with van der Waals surface area (Å²) in [5.41, 5.74) is 2.43. The molecule has 1 aliphatic rings. The van der Waals surface area contributed by atoms with Gasteiger partial charge in [-0.3, -0.25) is 0 Å². The predicted molar refractivity (Wildman–Crippen MR) is 441 cm³/mol. The molecule has 0 spiro atoms. The van der Waals surface area contributed by atoms with Crippen molar-refractivity contribution in [1.29, 1.82) is 0 Å². The zero-order valence-electron chi connectivity index (χ0n) is 71.1. The van der Waals surface area contributed by atoms with E-state index in [0.29, 0.717) is 31.7 Å². The minimum absolute atomic E-state index is 0.0240. The van der Waals surface area contributed by atoms with Gasteiger partial charge in [0, 0.05) is 0 Å². The van der Waals surface area contributed by atoms with Gasteiger partial charge >= 0.3 is 0 Å². The maximum Gasteiger partial charge on any atom is 0.144 e. The Hall–Kier alpha value is -1.52. The van der Waals surface area contributed by atoms with Gasteiger partial charge in [-0.1, -0.05) is 335 Å². The van der Waals surface area contributed by atoms with Crippen LogP contribution >= 0.6 is 0 Å². The number of rotatable bonds is 8. The van der Waals surface area contributed by atoms with Crippen molar-refractivity contribution in [1.82, 2.24) is 0 Å². The number of aliphatic hydroxyl groups excluding tert-OH is 7. The van der Waals surface area contributed by atoms with Crippen LogP contribution in [0.5, 0.6) is 0 Å². The minimum atomic E-state index is -2.69. The highest BCUT2D eigenvalue weighted by Crippen LogP contribution is 2.31. The Balaban J connectivity index is 2.83. The highest BCUT2D eigenvalue weighted by atomic mass is 16.5. The summed E-state index contributed by atoms with van der Waals surface area (Å²) in [5.74, 6) is 9.21. The van der Waals surface area contributed by atoms with Gasteiger partial charge < -0.3 is 59.8 Å². The molecular formula is C92H176O12. The first-order valence-electron chi connectivity index (χ1n) is 43.9. The first kappa shape index (κ1) is 100. The molecule has 0 saturated heterocycles. The van der Waals surface area contributed by atoms with E-state index in [-0.39, 0.29) is 32.5 Å². The summed E-state index contributed by atoms with van der Waals surface area (Å²) in [6, 6.07) is 0. The van der Waals surface area contributed by atoms with E-state index in [1.807, 2.05) is 12.2 Å². The molecule has 0 aromatic heterocycles. The first-order valence-corrected chi connectivity index (χ1v) is 43.9. The Kier molecular flexibility index (Phi) is 60.9. The van der Waals surface area contributed by atoms with Gasteiger partial charge in [0.15, 0.2) is 0 Å². The Morgan fingerprint density at radius 3 is 0.837 bits per heavy atom. The summed E-state index contributed by atoms with van der Waals surface area (Å²) < 4.78 is 24.1. The van der Waals surface area contributed by atoms with Gasteiger partial charge in [-0.05, 0) is 150 Å². The van der Waals surface area contributed by atoms with Gasteiger partial charge in [0.05, 0.1) is 59.5 Å². The van der Waals surface area contributed by atoms with E-state index in [1.165, 1.54) is 229 Å². The number of hydrogen-bond donors (Lipinski definition) is 8. The lowest BCUT2D eigenvalue weighted by molar-refractivity contribution is -0.235. The van der Waals surface area contributed by atoms with Gasteiger partial charge in [0.1, 0.15) is 42.2 Å². The van der Waals surface area contributed by atoms with Crippen LogP contribution < -0.4 is 0 Å². The van der Waals surface area contributed by atoms with Crippen molar-refractivity contribution in [3.63, 3.8) is 0 Å².